The van der Waals surface area contributed by atoms with Crippen molar-refractivity contribution < 1.29 is 19.4 Å². The van der Waals surface area contributed by atoms with Gasteiger partial charge in [0.05, 0.1) is 6.61 Å². The third-order valence-electron chi connectivity index (χ3n) is 3.93. The van der Waals surface area contributed by atoms with Gasteiger partial charge in [-0.2, -0.15) is 0 Å². The van der Waals surface area contributed by atoms with E-state index < -0.39 is 11.5 Å². The van der Waals surface area contributed by atoms with Gasteiger partial charge in [0.15, 0.2) is 5.54 Å². The van der Waals surface area contributed by atoms with Gasteiger partial charge in [-0.1, -0.05) is 13.8 Å². The Morgan fingerprint density at radius 1 is 1.32 bits per heavy atom. The predicted octanol–water partition coefficient (Wildman–Crippen LogP) is 0.918. The fraction of sp³-hybridized carbons (Fsp3) is 0.846. The van der Waals surface area contributed by atoms with Gasteiger partial charge in [-0.05, 0) is 18.3 Å². The van der Waals surface area contributed by atoms with Crippen LogP contribution in [0.1, 0.15) is 26.7 Å². The molecule has 0 saturated carbocycles. The maximum absolute atomic E-state index is 12.3. The van der Waals surface area contributed by atoms with Crippen molar-refractivity contribution in [3.63, 3.8) is 0 Å². The van der Waals surface area contributed by atoms with Crippen LogP contribution in [0.5, 0.6) is 0 Å². The van der Waals surface area contributed by atoms with Gasteiger partial charge in [-0.3, -0.25) is 0 Å². The first-order chi connectivity index (χ1) is 8.93. The molecule has 19 heavy (non-hydrogen) atoms. The maximum atomic E-state index is 12.3. The van der Waals surface area contributed by atoms with Crippen molar-refractivity contribution in [2.45, 2.75) is 32.2 Å². The van der Waals surface area contributed by atoms with Crippen LogP contribution in [0.4, 0.5) is 4.79 Å². The largest absolute Gasteiger partial charge is 0.479 e. The molecule has 2 saturated heterocycles. The number of nitrogens with zero attached hydrogens (tertiary/aromatic N) is 1. The monoisotopic (exact) mass is 270 g/mol. The lowest BCUT2D eigenvalue weighted by atomic mass is 9.92. The van der Waals surface area contributed by atoms with Crippen LogP contribution < -0.4 is 5.32 Å². The van der Waals surface area contributed by atoms with E-state index in [1.807, 2.05) is 0 Å². The SMILES string of the molecule is CC1CC(C)CN(C(=O)NC2(C(=O)O)CCOC2)C1. The van der Waals surface area contributed by atoms with Crippen LogP contribution >= 0.6 is 0 Å². The smallest absolute Gasteiger partial charge is 0.332 e. The average Bonchev–Trinajstić information content (AvgIpc) is 2.77. The zero-order chi connectivity index (χ0) is 14.0. The first-order valence-corrected chi connectivity index (χ1v) is 6.81. The van der Waals surface area contributed by atoms with Gasteiger partial charge in [0.2, 0.25) is 0 Å². The first kappa shape index (κ1) is 14.1. The second-order valence-electron chi connectivity index (χ2n) is 5.97. The summed E-state index contributed by atoms with van der Waals surface area (Å²) in [5, 5.41) is 12.0. The molecule has 6 nitrogen and oxygen atoms in total. The summed E-state index contributed by atoms with van der Waals surface area (Å²) < 4.78 is 5.14. The Balaban J connectivity index is 2.01. The number of carbonyl (C=O) groups excluding carboxylic acids is 1. The predicted molar refractivity (Wildman–Crippen MR) is 68.9 cm³/mol. The van der Waals surface area contributed by atoms with Crippen LogP contribution in [-0.2, 0) is 9.53 Å². The third-order valence-corrected chi connectivity index (χ3v) is 3.93. The van der Waals surface area contributed by atoms with Gasteiger partial charge in [-0.25, -0.2) is 9.59 Å². The molecule has 3 unspecified atom stereocenters. The Kier molecular flexibility index (Phi) is 3.99. The van der Waals surface area contributed by atoms with Crippen LogP contribution in [0.15, 0.2) is 0 Å². The highest BCUT2D eigenvalue weighted by Gasteiger charge is 2.45. The quantitative estimate of drug-likeness (QED) is 0.782. The van der Waals surface area contributed by atoms with Crippen LogP contribution in [0.2, 0.25) is 0 Å². The number of aliphatic carboxylic acids is 1. The molecule has 2 heterocycles. The second-order valence-corrected chi connectivity index (χ2v) is 5.97. The minimum absolute atomic E-state index is 0.0486. The molecule has 2 amide bonds. The topological polar surface area (TPSA) is 78.9 Å². The number of piperidine rings is 1. The molecule has 2 rings (SSSR count). The number of nitrogens with one attached hydrogen (secondary N) is 1. The molecule has 0 aromatic heterocycles. The number of likely N-dealkylation sites (tertiary alicyclic amines) is 1. The van der Waals surface area contributed by atoms with Gasteiger partial charge in [0, 0.05) is 26.1 Å². The van der Waals surface area contributed by atoms with Crippen LogP contribution in [0.3, 0.4) is 0 Å². The van der Waals surface area contributed by atoms with Crippen LogP contribution in [0.25, 0.3) is 0 Å². The summed E-state index contributed by atoms with van der Waals surface area (Å²) in [6.45, 7) is 6.02. The molecule has 0 aromatic carbocycles. The van der Waals surface area contributed by atoms with E-state index in [-0.39, 0.29) is 12.6 Å². The molecule has 2 aliphatic heterocycles. The number of carboxylic acids is 1. The molecule has 2 fully saturated rings. The Morgan fingerprint density at radius 3 is 2.42 bits per heavy atom. The fourth-order valence-corrected chi connectivity index (χ4v) is 3.00. The summed E-state index contributed by atoms with van der Waals surface area (Å²) in [7, 11) is 0. The molecule has 2 N–H and O–H groups in total. The molecule has 108 valence electrons. The number of carboxylic acid groups (broad SMARTS) is 1. The van der Waals surface area contributed by atoms with Gasteiger partial charge in [0.1, 0.15) is 0 Å². The van der Waals surface area contributed by atoms with E-state index >= 15 is 0 Å². The zero-order valence-corrected chi connectivity index (χ0v) is 11.5. The van der Waals surface area contributed by atoms with Crippen LogP contribution in [0, 0.1) is 11.8 Å². The third kappa shape index (κ3) is 3.00. The van der Waals surface area contributed by atoms with E-state index in [2.05, 4.69) is 19.2 Å². The van der Waals surface area contributed by atoms with E-state index in [1.54, 1.807) is 4.90 Å². The lowest BCUT2D eigenvalue weighted by Gasteiger charge is -2.37. The van der Waals surface area contributed by atoms with E-state index in [4.69, 9.17) is 4.74 Å². The Bertz CT molecular complexity index is 356. The van der Waals surface area contributed by atoms with E-state index in [9.17, 15) is 14.7 Å². The number of rotatable bonds is 2. The van der Waals surface area contributed by atoms with Crippen molar-refractivity contribution in [1.82, 2.24) is 10.2 Å². The summed E-state index contributed by atoms with van der Waals surface area (Å²) >= 11 is 0. The van der Waals surface area contributed by atoms with Gasteiger partial charge in [-0.15, -0.1) is 0 Å². The minimum Gasteiger partial charge on any atom is -0.479 e. The summed E-state index contributed by atoms with van der Waals surface area (Å²) in [5.41, 5.74) is -1.25. The van der Waals surface area contributed by atoms with Crippen LogP contribution in [-0.4, -0.2) is 53.8 Å². The summed E-state index contributed by atoms with van der Waals surface area (Å²) in [5.74, 6) is -0.110. The Labute approximate surface area is 113 Å². The number of ether oxygens (including phenoxy) is 1. The van der Waals surface area contributed by atoms with E-state index in [0.717, 1.165) is 6.42 Å². The molecular formula is C13H22N2O4. The lowest BCUT2D eigenvalue weighted by molar-refractivity contribution is -0.144. The van der Waals surface area contributed by atoms with Gasteiger partial charge >= 0.3 is 12.0 Å². The molecule has 0 spiro atoms. The second kappa shape index (κ2) is 5.36. The molecular weight excluding hydrogens is 248 g/mol. The molecule has 0 aromatic rings. The Hall–Kier alpha value is -1.30. The summed E-state index contributed by atoms with van der Waals surface area (Å²) in [6.07, 6.45) is 1.43. The summed E-state index contributed by atoms with van der Waals surface area (Å²) in [4.78, 5) is 25.3. The number of hydrogen-bond donors (Lipinski definition) is 2. The highest BCUT2D eigenvalue weighted by molar-refractivity contribution is 5.86. The number of urea groups is 1. The van der Waals surface area contributed by atoms with Crippen molar-refractivity contribution in [2.24, 2.45) is 11.8 Å². The number of amides is 2. The molecule has 6 heteroatoms. The number of carbonyl (C=O) groups is 2. The molecule has 2 aliphatic rings. The normalized spacial score (nSPS) is 35.2. The van der Waals surface area contributed by atoms with Crippen molar-refractivity contribution in [2.75, 3.05) is 26.3 Å². The first-order valence-electron chi connectivity index (χ1n) is 6.81. The Morgan fingerprint density at radius 2 is 1.95 bits per heavy atom. The van der Waals surface area contributed by atoms with Gasteiger partial charge in [0.25, 0.3) is 0 Å². The standard InChI is InChI=1S/C13H22N2O4/c1-9-5-10(2)7-15(6-9)12(18)14-13(11(16)17)3-4-19-8-13/h9-10H,3-8H2,1-2H3,(H,14,18)(H,16,17). The van der Waals surface area contributed by atoms with Crippen molar-refractivity contribution >= 4 is 12.0 Å². The lowest BCUT2D eigenvalue weighted by Crippen LogP contribution is -2.60. The van der Waals surface area contributed by atoms with Gasteiger partial charge < -0.3 is 20.1 Å². The molecule has 0 aliphatic carbocycles. The zero-order valence-electron chi connectivity index (χ0n) is 11.5. The highest BCUT2D eigenvalue weighted by atomic mass is 16.5. The fourth-order valence-electron chi connectivity index (χ4n) is 3.00. The van der Waals surface area contributed by atoms with E-state index in [0.29, 0.717) is 38.0 Å². The molecule has 0 bridgehead atoms. The highest BCUT2D eigenvalue weighted by Crippen LogP contribution is 2.23. The van der Waals surface area contributed by atoms with Crippen molar-refractivity contribution in [3.8, 4) is 0 Å². The minimum atomic E-state index is -1.25. The molecule has 0 radical (unpaired) electrons. The average molecular weight is 270 g/mol. The molecule has 3 atom stereocenters. The summed E-state index contributed by atoms with van der Waals surface area (Å²) in [6, 6.07) is -0.286. The van der Waals surface area contributed by atoms with Crippen molar-refractivity contribution in [1.29, 1.82) is 0 Å². The van der Waals surface area contributed by atoms with Crippen molar-refractivity contribution in [3.05, 3.63) is 0 Å². The van der Waals surface area contributed by atoms with E-state index in [1.165, 1.54) is 0 Å². The number of hydrogen-bond acceptors (Lipinski definition) is 3. The maximum Gasteiger partial charge on any atom is 0.332 e.